The maximum absolute atomic E-state index is 10.6. The number of nitrogens with zero attached hydrogens (tertiary/aromatic N) is 2. The van der Waals surface area contributed by atoms with E-state index in [1.807, 2.05) is 0 Å². The van der Waals surface area contributed by atoms with E-state index in [1.165, 1.54) is 128 Å². The van der Waals surface area contributed by atoms with Crippen molar-refractivity contribution in [3.63, 3.8) is 0 Å². The van der Waals surface area contributed by atoms with Crippen molar-refractivity contribution >= 4 is 0 Å². The zero-order valence-corrected chi connectivity index (χ0v) is 24.7. The quantitative estimate of drug-likeness (QED) is 0.114. The number of aliphatic hydroxyl groups is 2. The van der Waals surface area contributed by atoms with Gasteiger partial charge in [-0.15, -0.1) is 0 Å². The zero-order valence-electron chi connectivity index (χ0n) is 24.7. The van der Waals surface area contributed by atoms with E-state index in [9.17, 15) is 10.2 Å². The first-order chi connectivity index (χ1) is 17.7. The van der Waals surface area contributed by atoms with E-state index in [-0.39, 0.29) is 12.5 Å². The molecule has 0 spiro atoms. The largest absolute Gasteiger partial charge is 0.378 e. The second-order valence-corrected chi connectivity index (χ2v) is 11.7. The molecule has 1 aliphatic rings. The molecule has 0 aromatic rings. The maximum atomic E-state index is 10.6. The van der Waals surface area contributed by atoms with Gasteiger partial charge in [0.2, 0.25) is 0 Å². The van der Waals surface area contributed by atoms with Gasteiger partial charge in [-0.3, -0.25) is 9.80 Å². The summed E-state index contributed by atoms with van der Waals surface area (Å²) in [7, 11) is 0. The van der Waals surface area contributed by atoms with Crippen LogP contribution < -0.4 is 0 Å². The van der Waals surface area contributed by atoms with Gasteiger partial charge < -0.3 is 10.2 Å². The first-order valence-corrected chi connectivity index (χ1v) is 16.5. The Hall–Kier alpha value is -0.160. The molecule has 0 aromatic carbocycles. The van der Waals surface area contributed by atoms with E-state index < -0.39 is 0 Å². The van der Waals surface area contributed by atoms with Crippen molar-refractivity contribution in [3.05, 3.63) is 0 Å². The van der Waals surface area contributed by atoms with Crippen LogP contribution in [0, 0.1) is 0 Å². The Bertz CT molecular complexity index is 400. The minimum Gasteiger partial charge on any atom is -0.378 e. The van der Waals surface area contributed by atoms with Gasteiger partial charge >= 0.3 is 0 Å². The lowest BCUT2D eigenvalue weighted by Crippen LogP contribution is -2.53. The third-order valence-corrected chi connectivity index (χ3v) is 8.32. The van der Waals surface area contributed by atoms with Gasteiger partial charge in [-0.25, -0.2) is 0 Å². The molecule has 0 aromatic heterocycles. The molecular weight excluding hydrogens is 444 g/mol. The van der Waals surface area contributed by atoms with Crippen molar-refractivity contribution in [2.75, 3.05) is 26.2 Å². The smallest absolute Gasteiger partial charge is 0.107 e. The highest BCUT2D eigenvalue weighted by Crippen LogP contribution is 2.17. The molecular formula is C32H66N2O2. The minimum atomic E-state index is -0.297. The summed E-state index contributed by atoms with van der Waals surface area (Å²) < 4.78 is 0. The average molecular weight is 511 g/mol. The highest BCUT2D eigenvalue weighted by molar-refractivity contribution is 4.75. The Morgan fingerprint density at radius 3 is 0.861 bits per heavy atom. The standard InChI is InChI=1S/C32H66N2O2/c1-3-5-7-9-11-13-15-17-19-21-23-25-31(35)33-27-29-34(30-28-33)32(36)26-24-22-20-18-16-14-12-10-8-6-4-2/h31-32,35-36H,3-30H2,1-2H3. The molecule has 2 N–H and O–H groups in total. The third-order valence-electron chi connectivity index (χ3n) is 8.32. The molecule has 1 saturated heterocycles. The number of unbranched alkanes of at least 4 members (excludes halogenated alkanes) is 20. The highest BCUT2D eigenvalue weighted by atomic mass is 16.3. The second kappa shape index (κ2) is 25.1. The lowest BCUT2D eigenvalue weighted by Gasteiger charge is -2.39. The summed E-state index contributed by atoms with van der Waals surface area (Å²) in [5.41, 5.74) is 0. The van der Waals surface area contributed by atoms with Gasteiger partial charge in [0, 0.05) is 26.2 Å². The summed E-state index contributed by atoms with van der Waals surface area (Å²) in [6.07, 6.45) is 30.9. The lowest BCUT2D eigenvalue weighted by atomic mass is 10.0. The van der Waals surface area contributed by atoms with Crippen LogP contribution in [0.25, 0.3) is 0 Å². The normalized spacial score (nSPS) is 17.0. The van der Waals surface area contributed by atoms with Crippen LogP contribution in [0.15, 0.2) is 0 Å². The van der Waals surface area contributed by atoms with Crippen LogP contribution in [0.1, 0.15) is 168 Å². The SMILES string of the molecule is CCCCCCCCCCCCCC(O)N1CCN(C(O)CCCCCCCCCCCCC)CC1. The van der Waals surface area contributed by atoms with Crippen molar-refractivity contribution < 1.29 is 10.2 Å². The fourth-order valence-electron chi connectivity index (χ4n) is 5.68. The second-order valence-electron chi connectivity index (χ2n) is 11.7. The lowest BCUT2D eigenvalue weighted by molar-refractivity contribution is -0.0743. The Morgan fingerprint density at radius 2 is 0.611 bits per heavy atom. The van der Waals surface area contributed by atoms with E-state index in [0.717, 1.165) is 51.9 Å². The van der Waals surface area contributed by atoms with Gasteiger partial charge in [0.05, 0.1) is 0 Å². The molecule has 0 radical (unpaired) electrons. The van der Waals surface area contributed by atoms with Gasteiger partial charge in [-0.2, -0.15) is 0 Å². The molecule has 1 aliphatic heterocycles. The minimum absolute atomic E-state index is 0.297. The summed E-state index contributed by atoms with van der Waals surface area (Å²) in [4.78, 5) is 4.45. The monoisotopic (exact) mass is 511 g/mol. The summed E-state index contributed by atoms with van der Waals surface area (Å²) in [6.45, 7) is 8.09. The topological polar surface area (TPSA) is 46.9 Å². The fourth-order valence-corrected chi connectivity index (χ4v) is 5.68. The molecule has 0 saturated carbocycles. The van der Waals surface area contributed by atoms with Crippen molar-refractivity contribution in [1.29, 1.82) is 0 Å². The van der Waals surface area contributed by atoms with Crippen molar-refractivity contribution in [1.82, 2.24) is 9.80 Å². The van der Waals surface area contributed by atoms with E-state index in [0.29, 0.717) is 0 Å². The molecule has 1 heterocycles. The van der Waals surface area contributed by atoms with E-state index in [2.05, 4.69) is 23.6 Å². The zero-order chi connectivity index (χ0) is 26.1. The molecule has 0 amide bonds. The third kappa shape index (κ3) is 19.0. The van der Waals surface area contributed by atoms with Gasteiger partial charge in [-0.05, 0) is 25.7 Å². The van der Waals surface area contributed by atoms with Gasteiger partial charge in [0.1, 0.15) is 12.5 Å². The van der Waals surface area contributed by atoms with Crippen molar-refractivity contribution in [2.45, 2.75) is 180 Å². The molecule has 4 nitrogen and oxygen atoms in total. The molecule has 2 atom stereocenters. The Balaban J connectivity index is 1.92. The summed E-state index contributed by atoms with van der Waals surface area (Å²) >= 11 is 0. The number of rotatable bonds is 26. The van der Waals surface area contributed by atoms with Gasteiger partial charge in [-0.1, -0.05) is 142 Å². The fraction of sp³-hybridized carbons (Fsp3) is 1.00. The van der Waals surface area contributed by atoms with Crippen molar-refractivity contribution in [2.24, 2.45) is 0 Å². The predicted molar refractivity (Wildman–Crippen MR) is 157 cm³/mol. The van der Waals surface area contributed by atoms with Crippen LogP contribution in [0.4, 0.5) is 0 Å². The van der Waals surface area contributed by atoms with E-state index in [4.69, 9.17) is 0 Å². The van der Waals surface area contributed by atoms with Crippen LogP contribution in [-0.2, 0) is 0 Å². The van der Waals surface area contributed by atoms with Crippen LogP contribution >= 0.6 is 0 Å². The van der Waals surface area contributed by atoms with Crippen LogP contribution in [0.3, 0.4) is 0 Å². The Morgan fingerprint density at radius 1 is 0.389 bits per heavy atom. The highest BCUT2D eigenvalue weighted by Gasteiger charge is 2.25. The Labute approximate surface area is 226 Å². The Kier molecular flexibility index (Phi) is 23.6. The van der Waals surface area contributed by atoms with Crippen molar-refractivity contribution in [3.8, 4) is 0 Å². The molecule has 0 aliphatic carbocycles. The molecule has 4 heteroatoms. The number of piperazine rings is 1. The molecule has 1 rings (SSSR count). The van der Waals surface area contributed by atoms with Gasteiger partial charge in [0.15, 0.2) is 0 Å². The summed E-state index contributed by atoms with van der Waals surface area (Å²) in [6, 6.07) is 0. The molecule has 1 fully saturated rings. The van der Waals surface area contributed by atoms with Crippen LogP contribution in [-0.4, -0.2) is 58.6 Å². The van der Waals surface area contributed by atoms with Crippen LogP contribution in [0.2, 0.25) is 0 Å². The van der Waals surface area contributed by atoms with E-state index in [1.54, 1.807) is 0 Å². The molecule has 36 heavy (non-hydrogen) atoms. The number of hydrogen-bond acceptors (Lipinski definition) is 4. The first-order valence-electron chi connectivity index (χ1n) is 16.5. The number of aliphatic hydroxyl groups excluding tert-OH is 2. The molecule has 2 unspecified atom stereocenters. The predicted octanol–water partition coefficient (Wildman–Crippen LogP) is 8.64. The van der Waals surface area contributed by atoms with Gasteiger partial charge in [0.25, 0.3) is 0 Å². The maximum Gasteiger partial charge on any atom is 0.107 e. The summed E-state index contributed by atoms with van der Waals surface area (Å²) in [5.74, 6) is 0. The van der Waals surface area contributed by atoms with E-state index >= 15 is 0 Å². The molecule has 216 valence electrons. The summed E-state index contributed by atoms with van der Waals surface area (Å²) in [5, 5.41) is 21.2. The average Bonchev–Trinajstić information content (AvgIpc) is 2.90. The molecule has 0 bridgehead atoms. The first kappa shape index (κ1) is 33.9. The van der Waals surface area contributed by atoms with Crippen LogP contribution in [0.5, 0.6) is 0 Å². The number of hydrogen-bond donors (Lipinski definition) is 2.